The predicted octanol–water partition coefficient (Wildman–Crippen LogP) is 4.67. The molecule has 32 heavy (non-hydrogen) atoms. The van der Waals surface area contributed by atoms with Crippen LogP contribution in [-0.4, -0.2) is 37.4 Å². The number of hydrogen-bond donors (Lipinski definition) is 0. The Morgan fingerprint density at radius 1 is 0.750 bits per heavy atom. The lowest BCUT2D eigenvalue weighted by molar-refractivity contribution is -0.352. The molecule has 2 atom stereocenters. The van der Waals surface area contributed by atoms with E-state index in [1.807, 2.05) is 13.8 Å². The standard InChI is InChI=1S/C24H28O8/c1-3-27-19-11-7-9-17(15-19)23(25)31-29-21-13-5-6-14-22(21)30-32-24(26)18-10-8-12-20(16-18)28-4-2/h7-12,15-16,21-22H,3-6,13-14H2,1-2H3. The average Bonchev–Trinajstić information content (AvgIpc) is 2.82. The van der Waals surface area contributed by atoms with Gasteiger partial charge in [0.2, 0.25) is 0 Å². The number of carbonyl (C=O) groups is 2. The maximum absolute atomic E-state index is 12.3. The molecule has 0 N–H and O–H groups in total. The molecule has 8 nitrogen and oxygen atoms in total. The zero-order valence-electron chi connectivity index (χ0n) is 18.3. The van der Waals surface area contributed by atoms with E-state index in [-0.39, 0.29) is 0 Å². The van der Waals surface area contributed by atoms with Crippen molar-refractivity contribution in [1.82, 2.24) is 0 Å². The molecule has 0 bridgehead atoms. The fourth-order valence-electron chi connectivity index (χ4n) is 3.35. The molecule has 0 amide bonds. The first kappa shape index (κ1) is 23.6. The lowest BCUT2D eigenvalue weighted by Crippen LogP contribution is -2.36. The Balaban J connectivity index is 1.53. The summed E-state index contributed by atoms with van der Waals surface area (Å²) in [5.74, 6) is -0.136. The molecule has 0 spiro atoms. The van der Waals surface area contributed by atoms with Gasteiger partial charge in [0.05, 0.1) is 24.3 Å². The topological polar surface area (TPSA) is 89.5 Å². The van der Waals surface area contributed by atoms with Gasteiger partial charge in [-0.1, -0.05) is 25.0 Å². The van der Waals surface area contributed by atoms with Crippen molar-refractivity contribution in [3.05, 3.63) is 59.7 Å². The SMILES string of the molecule is CCOc1cccc(C(=O)OOC2CCCCC2OOC(=O)c2cccc(OCC)c2)c1. The monoisotopic (exact) mass is 444 g/mol. The Morgan fingerprint density at radius 2 is 1.19 bits per heavy atom. The van der Waals surface area contributed by atoms with Gasteiger partial charge in [-0.3, -0.25) is 9.78 Å². The number of carbonyl (C=O) groups excluding carboxylic acids is 2. The molecule has 1 aliphatic rings. The molecule has 0 aliphatic heterocycles. The number of ether oxygens (including phenoxy) is 2. The normalized spacial score (nSPS) is 17.9. The van der Waals surface area contributed by atoms with Gasteiger partial charge in [0.1, 0.15) is 23.7 Å². The van der Waals surface area contributed by atoms with E-state index < -0.39 is 24.1 Å². The summed E-state index contributed by atoms with van der Waals surface area (Å²) in [7, 11) is 0. The lowest BCUT2D eigenvalue weighted by Gasteiger charge is -2.28. The van der Waals surface area contributed by atoms with Crippen molar-refractivity contribution in [2.75, 3.05) is 13.2 Å². The molecule has 3 rings (SSSR count). The molecular weight excluding hydrogens is 416 g/mol. The summed E-state index contributed by atoms with van der Waals surface area (Å²) in [6, 6.07) is 13.3. The second-order valence-corrected chi connectivity index (χ2v) is 7.22. The molecule has 8 heteroatoms. The second kappa shape index (κ2) is 12.1. The van der Waals surface area contributed by atoms with Crippen molar-refractivity contribution in [1.29, 1.82) is 0 Å². The molecule has 1 aliphatic carbocycles. The molecule has 1 saturated carbocycles. The summed E-state index contributed by atoms with van der Waals surface area (Å²) in [5, 5.41) is 0. The van der Waals surface area contributed by atoms with Crippen LogP contribution in [0.15, 0.2) is 48.5 Å². The summed E-state index contributed by atoms with van der Waals surface area (Å²) in [6.07, 6.45) is 1.87. The van der Waals surface area contributed by atoms with Crippen LogP contribution in [0.3, 0.4) is 0 Å². The Kier molecular flexibility index (Phi) is 8.89. The van der Waals surface area contributed by atoms with E-state index in [9.17, 15) is 9.59 Å². The van der Waals surface area contributed by atoms with Gasteiger partial charge >= 0.3 is 11.9 Å². The van der Waals surface area contributed by atoms with Gasteiger partial charge < -0.3 is 9.47 Å². The van der Waals surface area contributed by atoms with Gasteiger partial charge in [0.15, 0.2) is 0 Å². The van der Waals surface area contributed by atoms with E-state index in [0.717, 1.165) is 12.8 Å². The third-order valence-corrected chi connectivity index (χ3v) is 4.90. The van der Waals surface area contributed by atoms with Gasteiger partial charge in [-0.05, 0) is 63.1 Å². The first-order valence-corrected chi connectivity index (χ1v) is 10.8. The van der Waals surface area contributed by atoms with Crippen molar-refractivity contribution in [3.8, 4) is 11.5 Å². The fraction of sp³-hybridized carbons (Fsp3) is 0.417. The highest BCUT2D eigenvalue weighted by Gasteiger charge is 2.31. The quantitative estimate of drug-likeness (QED) is 0.386. The second-order valence-electron chi connectivity index (χ2n) is 7.22. The van der Waals surface area contributed by atoms with E-state index in [1.54, 1.807) is 48.5 Å². The third kappa shape index (κ3) is 6.70. The molecule has 0 saturated heterocycles. The van der Waals surface area contributed by atoms with Crippen LogP contribution in [0.2, 0.25) is 0 Å². The Hall–Kier alpha value is -3.10. The summed E-state index contributed by atoms with van der Waals surface area (Å²) in [4.78, 5) is 45.5. The highest BCUT2D eigenvalue weighted by atomic mass is 17.2. The van der Waals surface area contributed by atoms with E-state index in [2.05, 4.69) is 0 Å². The molecular formula is C24H28O8. The van der Waals surface area contributed by atoms with Crippen LogP contribution in [0.1, 0.15) is 60.2 Å². The highest BCUT2D eigenvalue weighted by molar-refractivity contribution is 5.89. The lowest BCUT2D eigenvalue weighted by atomic mass is 9.95. The van der Waals surface area contributed by atoms with Crippen LogP contribution in [0.4, 0.5) is 0 Å². The Morgan fingerprint density at radius 3 is 1.59 bits per heavy atom. The smallest absolute Gasteiger partial charge is 0.373 e. The number of benzene rings is 2. The molecule has 1 fully saturated rings. The minimum Gasteiger partial charge on any atom is -0.494 e. The minimum absolute atomic E-state index is 0.310. The molecule has 2 aromatic carbocycles. The maximum atomic E-state index is 12.3. The summed E-state index contributed by atoms with van der Waals surface area (Å²) in [5.41, 5.74) is 0.620. The summed E-state index contributed by atoms with van der Waals surface area (Å²) < 4.78 is 10.8. The maximum Gasteiger partial charge on any atom is 0.373 e. The summed E-state index contributed by atoms with van der Waals surface area (Å²) >= 11 is 0. The number of hydrogen-bond acceptors (Lipinski definition) is 8. The van der Waals surface area contributed by atoms with Gasteiger partial charge in [0, 0.05) is 0 Å². The Labute approximate surface area is 187 Å². The predicted molar refractivity (Wildman–Crippen MR) is 114 cm³/mol. The van der Waals surface area contributed by atoms with Gasteiger partial charge in [0.25, 0.3) is 0 Å². The first-order chi connectivity index (χ1) is 15.6. The third-order valence-electron chi connectivity index (χ3n) is 4.90. The van der Waals surface area contributed by atoms with Crippen LogP contribution >= 0.6 is 0 Å². The van der Waals surface area contributed by atoms with Crippen molar-refractivity contribution in [3.63, 3.8) is 0 Å². The van der Waals surface area contributed by atoms with Gasteiger partial charge in [-0.25, -0.2) is 9.59 Å². The van der Waals surface area contributed by atoms with Crippen LogP contribution in [-0.2, 0) is 19.6 Å². The zero-order chi connectivity index (χ0) is 22.8. The van der Waals surface area contributed by atoms with Crippen molar-refractivity contribution >= 4 is 11.9 Å². The van der Waals surface area contributed by atoms with Crippen molar-refractivity contribution in [2.24, 2.45) is 0 Å². The van der Waals surface area contributed by atoms with Gasteiger partial charge in [-0.15, -0.1) is 0 Å². The first-order valence-electron chi connectivity index (χ1n) is 10.8. The highest BCUT2D eigenvalue weighted by Crippen LogP contribution is 2.25. The van der Waals surface area contributed by atoms with Crippen LogP contribution in [0, 0.1) is 0 Å². The molecule has 0 aromatic heterocycles. The summed E-state index contributed by atoms with van der Waals surface area (Å²) in [6.45, 7) is 4.70. The number of rotatable bonds is 10. The van der Waals surface area contributed by atoms with Crippen LogP contribution < -0.4 is 9.47 Å². The van der Waals surface area contributed by atoms with Crippen molar-refractivity contribution in [2.45, 2.75) is 51.7 Å². The molecule has 2 unspecified atom stereocenters. The van der Waals surface area contributed by atoms with Gasteiger partial charge in [-0.2, -0.15) is 9.78 Å². The van der Waals surface area contributed by atoms with E-state index in [1.165, 1.54) is 0 Å². The molecule has 172 valence electrons. The Bertz CT molecular complexity index is 824. The molecule has 0 heterocycles. The van der Waals surface area contributed by atoms with E-state index in [0.29, 0.717) is 48.7 Å². The van der Waals surface area contributed by atoms with Crippen LogP contribution in [0.25, 0.3) is 0 Å². The van der Waals surface area contributed by atoms with E-state index >= 15 is 0 Å². The molecule has 0 radical (unpaired) electrons. The van der Waals surface area contributed by atoms with Crippen molar-refractivity contribution < 1.29 is 38.6 Å². The van der Waals surface area contributed by atoms with E-state index in [4.69, 9.17) is 29.0 Å². The largest absolute Gasteiger partial charge is 0.494 e. The van der Waals surface area contributed by atoms with Crippen LogP contribution in [0.5, 0.6) is 11.5 Å². The average molecular weight is 444 g/mol. The minimum atomic E-state index is -0.638. The fourth-order valence-corrected chi connectivity index (χ4v) is 3.35. The zero-order valence-corrected chi connectivity index (χ0v) is 18.3. The molecule has 2 aromatic rings.